The van der Waals surface area contributed by atoms with Crippen LogP contribution in [0, 0.1) is 0 Å². The zero-order chi connectivity index (χ0) is 11.9. The lowest BCUT2D eigenvalue weighted by atomic mass is 10.1. The van der Waals surface area contributed by atoms with Crippen LogP contribution < -0.4 is 0 Å². The largest absolute Gasteiger partial charge is 0.748 e. The smallest absolute Gasteiger partial charge is 0.0916 e. The fourth-order valence-electron chi connectivity index (χ4n) is 2.04. The molecule has 0 aromatic heterocycles. The summed E-state index contributed by atoms with van der Waals surface area (Å²) in [5.74, 6) is 0. The lowest BCUT2D eigenvalue weighted by Gasteiger charge is -2.39. The second kappa shape index (κ2) is 6.45. The zero-order valence-electron chi connectivity index (χ0n) is 10.0. The van der Waals surface area contributed by atoms with Gasteiger partial charge in [-0.1, -0.05) is 0 Å². The Morgan fingerprint density at radius 3 is 1.60 bits per heavy atom. The molecule has 92 valence electrons. The third-order valence-electron chi connectivity index (χ3n) is 3.11. The van der Waals surface area contributed by atoms with Gasteiger partial charge in [-0.05, 0) is 33.1 Å². The van der Waals surface area contributed by atoms with Crippen molar-refractivity contribution in [2.75, 3.05) is 32.4 Å². The van der Waals surface area contributed by atoms with Crippen LogP contribution in [0.1, 0.15) is 33.1 Å². The van der Waals surface area contributed by atoms with Gasteiger partial charge in [0.2, 0.25) is 0 Å². The maximum absolute atomic E-state index is 9.08. The lowest BCUT2D eigenvalue weighted by Crippen LogP contribution is -2.50. The maximum atomic E-state index is 9.08. The second-order valence-corrected chi connectivity index (χ2v) is 5.59. The van der Waals surface area contributed by atoms with Crippen molar-refractivity contribution in [3.05, 3.63) is 0 Å². The highest BCUT2D eigenvalue weighted by Crippen LogP contribution is 2.17. The van der Waals surface area contributed by atoms with Crippen LogP contribution in [0.15, 0.2) is 0 Å². The van der Waals surface area contributed by atoms with Gasteiger partial charge in [-0.25, -0.2) is 8.42 Å². The highest BCUT2D eigenvalue weighted by atomic mass is 32.2. The summed E-state index contributed by atoms with van der Waals surface area (Å²) in [5, 5.41) is 0. The fourth-order valence-corrected chi connectivity index (χ4v) is 2.04. The van der Waals surface area contributed by atoms with E-state index in [9.17, 15) is 0 Å². The van der Waals surface area contributed by atoms with E-state index < -0.39 is 10.1 Å². The van der Waals surface area contributed by atoms with Gasteiger partial charge in [0.25, 0.3) is 0 Å². The molecule has 1 aliphatic rings. The molecule has 0 aliphatic carbocycles. The van der Waals surface area contributed by atoms with E-state index >= 15 is 0 Å². The number of rotatable bonds is 2. The van der Waals surface area contributed by atoms with E-state index in [1.807, 2.05) is 0 Å². The van der Waals surface area contributed by atoms with Crippen LogP contribution in [0.2, 0.25) is 0 Å². The first kappa shape index (κ1) is 14.9. The molecule has 0 N–H and O–H groups in total. The molecule has 4 nitrogen and oxygen atoms in total. The second-order valence-electron chi connectivity index (χ2n) is 4.19. The van der Waals surface area contributed by atoms with Crippen molar-refractivity contribution in [1.29, 1.82) is 0 Å². The quantitative estimate of drug-likeness (QED) is 0.535. The molecular formula is C10H23NO3S. The predicted molar refractivity (Wildman–Crippen MR) is 60.5 cm³/mol. The van der Waals surface area contributed by atoms with Gasteiger partial charge in [0.05, 0.1) is 36.3 Å². The van der Waals surface area contributed by atoms with Gasteiger partial charge in [0.15, 0.2) is 0 Å². The van der Waals surface area contributed by atoms with Crippen molar-refractivity contribution in [2.24, 2.45) is 0 Å². The first-order valence-corrected chi connectivity index (χ1v) is 7.40. The minimum atomic E-state index is -3.92. The number of quaternary nitrogens is 1. The van der Waals surface area contributed by atoms with Gasteiger partial charge in [-0.15, -0.1) is 0 Å². The van der Waals surface area contributed by atoms with Crippen LogP contribution >= 0.6 is 0 Å². The van der Waals surface area contributed by atoms with Crippen LogP contribution in [-0.2, 0) is 10.1 Å². The molecule has 5 heteroatoms. The summed E-state index contributed by atoms with van der Waals surface area (Å²) >= 11 is 0. The van der Waals surface area contributed by atoms with Crippen LogP contribution in [0.25, 0.3) is 0 Å². The molecule has 1 saturated heterocycles. The Balaban J connectivity index is 0.000000336. The molecule has 0 aromatic carbocycles. The summed E-state index contributed by atoms with van der Waals surface area (Å²) in [4.78, 5) is 0. The molecule has 0 aromatic rings. The van der Waals surface area contributed by atoms with Gasteiger partial charge in [-0.3, -0.25) is 0 Å². The Morgan fingerprint density at radius 1 is 1.07 bits per heavy atom. The number of hydrogen-bond donors (Lipinski definition) is 0. The normalized spacial score (nSPS) is 20.3. The number of piperidine rings is 1. The summed E-state index contributed by atoms with van der Waals surface area (Å²) in [6, 6.07) is 0. The van der Waals surface area contributed by atoms with Gasteiger partial charge < -0.3 is 9.04 Å². The number of hydrogen-bond acceptors (Lipinski definition) is 3. The SMILES string of the molecule is CC[N+]1(CC)CCCCC1.CS(=O)(=O)[O-]. The fraction of sp³-hybridized carbons (Fsp3) is 1.00. The Labute approximate surface area is 93.6 Å². The first-order valence-electron chi connectivity index (χ1n) is 5.59. The minimum Gasteiger partial charge on any atom is -0.748 e. The molecule has 15 heavy (non-hydrogen) atoms. The highest BCUT2D eigenvalue weighted by Gasteiger charge is 2.24. The molecule has 0 amide bonds. The van der Waals surface area contributed by atoms with Crippen molar-refractivity contribution in [2.45, 2.75) is 33.1 Å². The Bertz CT molecular complexity index is 242. The molecule has 0 saturated carbocycles. The third kappa shape index (κ3) is 7.76. The van der Waals surface area contributed by atoms with Crippen molar-refractivity contribution in [1.82, 2.24) is 0 Å². The highest BCUT2D eigenvalue weighted by molar-refractivity contribution is 7.84. The molecule has 1 rings (SSSR count). The first-order chi connectivity index (χ1) is 6.83. The Hall–Kier alpha value is -0.130. The van der Waals surface area contributed by atoms with E-state index in [0.717, 1.165) is 0 Å². The average molecular weight is 237 g/mol. The zero-order valence-corrected chi connectivity index (χ0v) is 10.8. The number of likely N-dealkylation sites (tertiary alicyclic amines) is 1. The van der Waals surface area contributed by atoms with E-state index in [4.69, 9.17) is 13.0 Å². The van der Waals surface area contributed by atoms with Crippen LogP contribution in [-0.4, -0.2) is 49.9 Å². The summed E-state index contributed by atoms with van der Waals surface area (Å²) in [7, 11) is -3.92. The van der Waals surface area contributed by atoms with E-state index in [2.05, 4.69) is 13.8 Å². The minimum absolute atomic E-state index is 0.604. The lowest BCUT2D eigenvalue weighted by molar-refractivity contribution is -0.929. The van der Waals surface area contributed by atoms with E-state index in [0.29, 0.717) is 6.26 Å². The van der Waals surface area contributed by atoms with E-state index in [1.165, 1.54) is 49.9 Å². The predicted octanol–water partition coefficient (Wildman–Crippen LogP) is 1.19. The third-order valence-corrected chi connectivity index (χ3v) is 3.11. The van der Waals surface area contributed by atoms with Gasteiger partial charge >= 0.3 is 0 Å². The van der Waals surface area contributed by atoms with Gasteiger partial charge in [0.1, 0.15) is 0 Å². The van der Waals surface area contributed by atoms with Gasteiger partial charge in [0, 0.05) is 6.26 Å². The summed E-state index contributed by atoms with van der Waals surface area (Å²) in [6.07, 6.45) is 5.00. The Morgan fingerprint density at radius 2 is 1.40 bits per heavy atom. The van der Waals surface area contributed by atoms with Crippen molar-refractivity contribution >= 4 is 10.1 Å². The van der Waals surface area contributed by atoms with Crippen molar-refractivity contribution < 1.29 is 17.5 Å². The molecule has 1 aliphatic heterocycles. The molecule has 1 fully saturated rings. The number of nitrogens with zero attached hydrogens (tertiary/aromatic N) is 1. The maximum Gasteiger partial charge on any atom is 0.0916 e. The molecule has 1 heterocycles. The monoisotopic (exact) mass is 237 g/mol. The standard InChI is InChI=1S/C9H20N.CH4O3S/c1-3-10(4-2)8-6-5-7-9-10;1-5(2,3)4/h3-9H2,1-2H3;1H3,(H,2,3,4)/q+1;/p-1. The van der Waals surface area contributed by atoms with Crippen LogP contribution in [0.4, 0.5) is 0 Å². The average Bonchev–Trinajstić information content (AvgIpc) is 2.16. The summed E-state index contributed by atoms with van der Waals surface area (Å²) < 4.78 is 28.6. The van der Waals surface area contributed by atoms with Crippen molar-refractivity contribution in [3.63, 3.8) is 0 Å². The summed E-state index contributed by atoms with van der Waals surface area (Å²) in [6.45, 7) is 10.2. The van der Waals surface area contributed by atoms with E-state index in [-0.39, 0.29) is 0 Å². The summed E-state index contributed by atoms with van der Waals surface area (Å²) in [5.41, 5.74) is 0. The molecule has 0 unspecified atom stereocenters. The molecule has 0 spiro atoms. The topological polar surface area (TPSA) is 57.2 Å². The Kier molecular flexibility index (Phi) is 6.40. The molecule has 0 atom stereocenters. The molecule has 0 bridgehead atoms. The van der Waals surface area contributed by atoms with E-state index in [1.54, 1.807) is 0 Å². The van der Waals surface area contributed by atoms with Gasteiger partial charge in [-0.2, -0.15) is 0 Å². The molecular weight excluding hydrogens is 214 g/mol. The van der Waals surface area contributed by atoms with Crippen LogP contribution in [0.5, 0.6) is 0 Å². The van der Waals surface area contributed by atoms with Crippen molar-refractivity contribution in [3.8, 4) is 0 Å². The molecule has 0 radical (unpaired) electrons. The van der Waals surface area contributed by atoms with Crippen LogP contribution in [0.3, 0.4) is 0 Å².